The Kier molecular flexibility index (Phi) is 3.34. The molecule has 18 heavy (non-hydrogen) atoms. The molecule has 1 aromatic heterocycles. The van der Waals surface area contributed by atoms with Gasteiger partial charge in [-0.25, -0.2) is 13.2 Å². The topological polar surface area (TPSA) is 38.9 Å². The minimum atomic E-state index is -1.01. The highest BCUT2D eigenvalue weighted by atomic mass is 19.2. The van der Waals surface area contributed by atoms with Crippen LogP contribution in [0, 0.1) is 24.4 Å². The summed E-state index contributed by atoms with van der Waals surface area (Å²) in [4.78, 5) is 3.63. The van der Waals surface area contributed by atoms with Crippen molar-refractivity contribution in [1.82, 2.24) is 4.98 Å². The van der Waals surface area contributed by atoms with Crippen LogP contribution in [0.1, 0.15) is 22.7 Å². The van der Waals surface area contributed by atoms with Crippen LogP contribution in [0.25, 0.3) is 0 Å². The molecular formula is C13H11F3N2. The first kappa shape index (κ1) is 12.6. The second kappa shape index (κ2) is 4.78. The van der Waals surface area contributed by atoms with Crippen LogP contribution in [-0.4, -0.2) is 4.98 Å². The molecule has 0 saturated heterocycles. The van der Waals surface area contributed by atoms with Crippen molar-refractivity contribution >= 4 is 0 Å². The van der Waals surface area contributed by atoms with Crippen LogP contribution in [0.2, 0.25) is 0 Å². The standard InChI is InChI=1S/C13H11F3N2/c1-7-2-3-10(12(16)11(7)15)13(17)8-4-9(14)6-18-5-8/h2-6,13H,17H2,1H3. The Morgan fingerprint density at radius 3 is 2.50 bits per heavy atom. The smallest absolute Gasteiger partial charge is 0.164 e. The summed E-state index contributed by atoms with van der Waals surface area (Å²) in [5.74, 6) is -2.52. The maximum atomic E-state index is 13.7. The molecule has 0 fully saturated rings. The summed E-state index contributed by atoms with van der Waals surface area (Å²) in [7, 11) is 0. The molecule has 0 amide bonds. The average molecular weight is 252 g/mol. The quantitative estimate of drug-likeness (QED) is 0.892. The molecule has 1 heterocycles. The molecule has 0 radical (unpaired) electrons. The Morgan fingerprint density at radius 1 is 1.11 bits per heavy atom. The van der Waals surface area contributed by atoms with Gasteiger partial charge < -0.3 is 5.73 Å². The van der Waals surface area contributed by atoms with Crippen molar-refractivity contribution in [2.45, 2.75) is 13.0 Å². The van der Waals surface area contributed by atoms with Gasteiger partial charge in [0.05, 0.1) is 12.2 Å². The van der Waals surface area contributed by atoms with Gasteiger partial charge in [0, 0.05) is 11.8 Å². The monoisotopic (exact) mass is 252 g/mol. The molecule has 0 saturated carbocycles. The first-order chi connectivity index (χ1) is 8.50. The van der Waals surface area contributed by atoms with Gasteiger partial charge in [-0.2, -0.15) is 0 Å². The lowest BCUT2D eigenvalue weighted by molar-refractivity contribution is 0.489. The first-order valence-corrected chi connectivity index (χ1v) is 5.31. The van der Waals surface area contributed by atoms with Crippen molar-refractivity contribution in [2.24, 2.45) is 5.73 Å². The minimum Gasteiger partial charge on any atom is -0.320 e. The number of nitrogens with zero attached hydrogens (tertiary/aromatic N) is 1. The second-order valence-corrected chi connectivity index (χ2v) is 4.01. The largest absolute Gasteiger partial charge is 0.320 e. The summed E-state index contributed by atoms with van der Waals surface area (Å²) in [6.45, 7) is 1.46. The van der Waals surface area contributed by atoms with Gasteiger partial charge in [0.25, 0.3) is 0 Å². The molecule has 94 valence electrons. The van der Waals surface area contributed by atoms with Crippen LogP contribution in [0.3, 0.4) is 0 Å². The highest BCUT2D eigenvalue weighted by Gasteiger charge is 2.18. The van der Waals surface area contributed by atoms with Crippen molar-refractivity contribution in [3.05, 3.63) is 64.7 Å². The number of hydrogen-bond acceptors (Lipinski definition) is 2. The number of aryl methyl sites for hydroxylation is 1. The van der Waals surface area contributed by atoms with Crippen LogP contribution in [0.15, 0.2) is 30.6 Å². The number of hydrogen-bond donors (Lipinski definition) is 1. The third-order valence-electron chi connectivity index (χ3n) is 2.73. The Labute approximate surface area is 102 Å². The van der Waals surface area contributed by atoms with Gasteiger partial charge in [0.2, 0.25) is 0 Å². The van der Waals surface area contributed by atoms with E-state index in [1.165, 1.54) is 25.3 Å². The van der Waals surface area contributed by atoms with Crippen molar-refractivity contribution in [2.75, 3.05) is 0 Å². The summed E-state index contributed by atoms with van der Waals surface area (Å²) in [5.41, 5.74) is 6.25. The molecule has 2 rings (SSSR count). The molecule has 0 bridgehead atoms. The Balaban J connectivity index is 2.46. The highest BCUT2D eigenvalue weighted by Crippen LogP contribution is 2.25. The van der Waals surface area contributed by atoms with E-state index >= 15 is 0 Å². The Hall–Kier alpha value is -1.88. The SMILES string of the molecule is Cc1ccc(C(N)c2cncc(F)c2)c(F)c1F. The summed E-state index contributed by atoms with van der Waals surface area (Å²) in [6, 6.07) is 3.02. The van der Waals surface area contributed by atoms with E-state index < -0.39 is 23.5 Å². The summed E-state index contributed by atoms with van der Waals surface area (Å²) in [5, 5.41) is 0. The van der Waals surface area contributed by atoms with Gasteiger partial charge in [-0.15, -0.1) is 0 Å². The summed E-state index contributed by atoms with van der Waals surface area (Å²) < 4.78 is 40.2. The van der Waals surface area contributed by atoms with E-state index in [1.54, 1.807) is 0 Å². The van der Waals surface area contributed by atoms with Gasteiger partial charge in [0.15, 0.2) is 11.6 Å². The number of halogens is 3. The van der Waals surface area contributed by atoms with E-state index in [2.05, 4.69) is 4.98 Å². The minimum absolute atomic E-state index is 0.0227. The van der Waals surface area contributed by atoms with Crippen molar-refractivity contribution in [3.63, 3.8) is 0 Å². The molecule has 0 aliphatic carbocycles. The van der Waals surface area contributed by atoms with E-state index in [4.69, 9.17) is 5.73 Å². The third-order valence-corrected chi connectivity index (χ3v) is 2.73. The molecule has 1 aromatic carbocycles. The Morgan fingerprint density at radius 2 is 1.83 bits per heavy atom. The lowest BCUT2D eigenvalue weighted by atomic mass is 9.99. The van der Waals surface area contributed by atoms with E-state index in [-0.39, 0.29) is 16.7 Å². The van der Waals surface area contributed by atoms with E-state index in [0.29, 0.717) is 0 Å². The number of rotatable bonds is 2. The molecule has 5 heteroatoms. The first-order valence-electron chi connectivity index (χ1n) is 5.31. The zero-order chi connectivity index (χ0) is 13.3. The van der Waals surface area contributed by atoms with Gasteiger partial charge >= 0.3 is 0 Å². The molecule has 1 atom stereocenters. The highest BCUT2D eigenvalue weighted by molar-refractivity contribution is 5.33. The molecular weight excluding hydrogens is 241 g/mol. The van der Waals surface area contributed by atoms with Crippen molar-refractivity contribution in [1.29, 1.82) is 0 Å². The zero-order valence-electron chi connectivity index (χ0n) is 9.62. The summed E-state index contributed by atoms with van der Waals surface area (Å²) in [6.07, 6.45) is 2.34. The number of aromatic nitrogens is 1. The van der Waals surface area contributed by atoms with Crippen LogP contribution in [0.4, 0.5) is 13.2 Å². The Bertz CT molecular complexity index is 584. The molecule has 1 unspecified atom stereocenters. The third kappa shape index (κ3) is 2.22. The van der Waals surface area contributed by atoms with Crippen molar-refractivity contribution in [3.8, 4) is 0 Å². The van der Waals surface area contributed by atoms with Crippen LogP contribution in [-0.2, 0) is 0 Å². The second-order valence-electron chi connectivity index (χ2n) is 4.01. The fraction of sp³-hybridized carbons (Fsp3) is 0.154. The average Bonchev–Trinajstić information content (AvgIpc) is 2.35. The maximum absolute atomic E-state index is 13.7. The molecule has 0 spiro atoms. The normalized spacial score (nSPS) is 12.5. The zero-order valence-corrected chi connectivity index (χ0v) is 9.62. The van der Waals surface area contributed by atoms with E-state index in [9.17, 15) is 13.2 Å². The van der Waals surface area contributed by atoms with Gasteiger partial charge in [-0.3, -0.25) is 4.98 Å². The molecule has 2 N–H and O–H groups in total. The molecule has 2 nitrogen and oxygen atoms in total. The van der Waals surface area contributed by atoms with Crippen LogP contribution < -0.4 is 5.73 Å². The number of nitrogens with two attached hydrogens (primary N) is 1. The van der Waals surface area contributed by atoms with E-state index in [1.807, 2.05) is 0 Å². The maximum Gasteiger partial charge on any atom is 0.164 e. The predicted octanol–water partition coefficient (Wildman–Crippen LogP) is 2.86. The lowest BCUT2D eigenvalue weighted by Crippen LogP contribution is -2.15. The fourth-order valence-electron chi connectivity index (χ4n) is 1.68. The fourth-order valence-corrected chi connectivity index (χ4v) is 1.68. The van der Waals surface area contributed by atoms with Gasteiger partial charge in [0.1, 0.15) is 5.82 Å². The van der Waals surface area contributed by atoms with Crippen LogP contribution >= 0.6 is 0 Å². The van der Waals surface area contributed by atoms with Crippen molar-refractivity contribution < 1.29 is 13.2 Å². The number of benzene rings is 1. The van der Waals surface area contributed by atoms with Crippen LogP contribution in [0.5, 0.6) is 0 Å². The van der Waals surface area contributed by atoms with Gasteiger partial charge in [-0.05, 0) is 24.1 Å². The van der Waals surface area contributed by atoms with Gasteiger partial charge in [-0.1, -0.05) is 12.1 Å². The van der Waals surface area contributed by atoms with E-state index in [0.717, 1.165) is 12.3 Å². The number of pyridine rings is 1. The molecule has 0 aliphatic rings. The predicted molar refractivity (Wildman–Crippen MR) is 61.3 cm³/mol. The molecule has 0 aliphatic heterocycles. The molecule has 2 aromatic rings. The lowest BCUT2D eigenvalue weighted by Gasteiger charge is -2.14. The summed E-state index contributed by atoms with van der Waals surface area (Å²) >= 11 is 0.